The van der Waals surface area contributed by atoms with Crippen molar-refractivity contribution in [3.63, 3.8) is 0 Å². The third-order valence-corrected chi connectivity index (χ3v) is 3.04. The summed E-state index contributed by atoms with van der Waals surface area (Å²) in [7, 11) is 1.72. The van der Waals surface area contributed by atoms with Gasteiger partial charge in [-0.1, -0.05) is 12.1 Å². The van der Waals surface area contributed by atoms with Gasteiger partial charge >= 0.3 is 0 Å². The van der Waals surface area contributed by atoms with Crippen molar-refractivity contribution in [2.75, 3.05) is 33.4 Å². The Hall–Kier alpha value is -1.06. The highest BCUT2D eigenvalue weighted by molar-refractivity contribution is 5.38. The van der Waals surface area contributed by atoms with Crippen molar-refractivity contribution in [2.24, 2.45) is 0 Å². The van der Waals surface area contributed by atoms with Gasteiger partial charge in [-0.05, 0) is 50.4 Å². The fourth-order valence-corrected chi connectivity index (χ4v) is 1.71. The van der Waals surface area contributed by atoms with Crippen LogP contribution in [0.4, 0.5) is 0 Å². The molecule has 0 saturated carbocycles. The first-order valence-electron chi connectivity index (χ1n) is 6.64. The first kappa shape index (κ1) is 15.0. The third-order valence-electron chi connectivity index (χ3n) is 3.04. The van der Waals surface area contributed by atoms with Crippen LogP contribution in [0.3, 0.4) is 0 Å². The number of aryl methyl sites for hydroxylation is 1. The summed E-state index contributed by atoms with van der Waals surface area (Å²) >= 11 is 0. The molecule has 1 aromatic rings. The lowest BCUT2D eigenvalue weighted by atomic mass is 10.1. The predicted molar refractivity (Wildman–Crippen MR) is 75.4 cm³/mol. The molecule has 0 aromatic heterocycles. The molecular weight excluding hydrogens is 226 g/mol. The van der Waals surface area contributed by atoms with Crippen LogP contribution in [0.25, 0.3) is 0 Å². The molecule has 0 fully saturated rings. The number of hydrogen-bond donors (Lipinski definition) is 1. The Bertz CT molecular complexity index is 339. The van der Waals surface area contributed by atoms with Gasteiger partial charge in [0.1, 0.15) is 5.75 Å². The zero-order chi connectivity index (χ0) is 13.2. The molecule has 0 aliphatic carbocycles. The van der Waals surface area contributed by atoms with E-state index < -0.39 is 0 Å². The fourth-order valence-electron chi connectivity index (χ4n) is 1.71. The number of benzene rings is 1. The van der Waals surface area contributed by atoms with E-state index in [1.54, 1.807) is 7.11 Å². The highest BCUT2D eigenvalue weighted by atomic mass is 16.5. The summed E-state index contributed by atoms with van der Waals surface area (Å²) in [6.45, 7) is 7.74. The first-order chi connectivity index (χ1) is 8.75. The van der Waals surface area contributed by atoms with Crippen molar-refractivity contribution >= 4 is 0 Å². The van der Waals surface area contributed by atoms with Crippen LogP contribution < -0.4 is 10.1 Å². The van der Waals surface area contributed by atoms with Crippen LogP contribution in [-0.2, 0) is 4.74 Å². The van der Waals surface area contributed by atoms with Crippen LogP contribution >= 0.6 is 0 Å². The van der Waals surface area contributed by atoms with E-state index in [1.807, 2.05) is 12.1 Å². The van der Waals surface area contributed by atoms with Gasteiger partial charge in [0.25, 0.3) is 0 Å². The first-order valence-corrected chi connectivity index (χ1v) is 6.64. The minimum atomic E-state index is 0.777. The van der Waals surface area contributed by atoms with Gasteiger partial charge in [-0.3, -0.25) is 0 Å². The van der Waals surface area contributed by atoms with E-state index in [4.69, 9.17) is 9.47 Å². The maximum absolute atomic E-state index is 5.79. The molecule has 0 aliphatic heterocycles. The summed E-state index contributed by atoms with van der Waals surface area (Å²) in [5.41, 5.74) is 2.53. The van der Waals surface area contributed by atoms with Gasteiger partial charge in [0, 0.05) is 13.7 Å². The predicted octanol–water partition coefficient (Wildman–Crippen LogP) is 2.70. The normalized spacial score (nSPS) is 10.6. The molecule has 0 amide bonds. The number of nitrogens with one attached hydrogen (secondary N) is 1. The van der Waals surface area contributed by atoms with Crippen LogP contribution in [0.2, 0.25) is 0 Å². The molecule has 18 heavy (non-hydrogen) atoms. The van der Waals surface area contributed by atoms with Crippen molar-refractivity contribution in [3.8, 4) is 5.75 Å². The van der Waals surface area contributed by atoms with Crippen LogP contribution in [0.1, 0.15) is 24.0 Å². The molecule has 3 heteroatoms. The SMILES string of the molecule is COCCNCCCCOc1cccc(C)c1C. The standard InChI is InChI=1S/C15H25NO2/c1-13-7-6-8-15(14(13)2)18-11-5-4-9-16-10-12-17-3/h6-8,16H,4-5,9-12H2,1-3H3. The van der Waals surface area contributed by atoms with Crippen LogP contribution in [0, 0.1) is 13.8 Å². The highest BCUT2D eigenvalue weighted by Crippen LogP contribution is 2.20. The molecule has 1 aromatic carbocycles. The monoisotopic (exact) mass is 251 g/mol. The second kappa shape index (κ2) is 8.95. The van der Waals surface area contributed by atoms with Gasteiger partial charge in [-0.25, -0.2) is 0 Å². The van der Waals surface area contributed by atoms with E-state index in [0.29, 0.717) is 0 Å². The van der Waals surface area contributed by atoms with Gasteiger partial charge in [0.15, 0.2) is 0 Å². The van der Waals surface area contributed by atoms with E-state index in [1.165, 1.54) is 11.1 Å². The third kappa shape index (κ3) is 5.52. The van der Waals surface area contributed by atoms with Crippen LogP contribution in [0.15, 0.2) is 18.2 Å². The maximum atomic E-state index is 5.79. The number of methoxy groups -OCH3 is 1. The average molecular weight is 251 g/mol. The largest absolute Gasteiger partial charge is 0.493 e. The Labute approximate surface area is 110 Å². The molecule has 0 atom stereocenters. The van der Waals surface area contributed by atoms with E-state index >= 15 is 0 Å². The fraction of sp³-hybridized carbons (Fsp3) is 0.600. The van der Waals surface area contributed by atoms with Gasteiger partial charge in [-0.15, -0.1) is 0 Å². The maximum Gasteiger partial charge on any atom is 0.122 e. The Morgan fingerprint density at radius 2 is 1.89 bits per heavy atom. The van der Waals surface area contributed by atoms with Crippen molar-refractivity contribution < 1.29 is 9.47 Å². The number of unbranched alkanes of at least 4 members (excludes halogenated alkanes) is 1. The van der Waals surface area contributed by atoms with E-state index in [-0.39, 0.29) is 0 Å². The molecule has 3 nitrogen and oxygen atoms in total. The minimum absolute atomic E-state index is 0.777. The van der Waals surface area contributed by atoms with Crippen molar-refractivity contribution in [2.45, 2.75) is 26.7 Å². The second-order valence-electron chi connectivity index (χ2n) is 4.50. The number of hydrogen-bond acceptors (Lipinski definition) is 3. The molecule has 0 unspecified atom stereocenters. The molecule has 0 spiro atoms. The average Bonchev–Trinajstić information content (AvgIpc) is 2.37. The summed E-state index contributed by atoms with van der Waals surface area (Å²) in [5, 5.41) is 3.32. The van der Waals surface area contributed by atoms with Gasteiger partial charge < -0.3 is 14.8 Å². The molecule has 1 rings (SSSR count). The molecule has 0 bridgehead atoms. The van der Waals surface area contributed by atoms with Gasteiger partial charge in [-0.2, -0.15) is 0 Å². The zero-order valence-corrected chi connectivity index (χ0v) is 11.8. The van der Waals surface area contributed by atoms with Gasteiger partial charge in [0.2, 0.25) is 0 Å². The Balaban J connectivity index is 2.09. The molecule has 1 N–H and O–H groups in total. The van der Waals surface area contributed by atoms with Crippen molar-refractivity contribution in [1.29, 1.82) is 0 Å². The smallest absolute Gasteiger partial charge is 0.122 e. The van der Waals surface area contributed by atoms with E-state index in [0.717, 1.165) is 44.9 Å². The van der Waals surface area contributed by atoms with E-state index in [2.05, 4.69) is 25.2 Å². The lowest BCUT2D eigenvalue weighted by Crippen LogP contribution is -2.20. The molecule has 0 saturated heterocycles. The summed E-state index contributed by atoms with van der Waals surface area (Å²) in [6, 6.07) is 6.20. The number of rotatable bonds is 9. The summed E-state index contributed by atoms with van der Waals surface area (Å²) in [4.78, 5) is 0. The van der Waals surface area contributed by atoms with Gasteiger partial charge in [0.05, 0.1) is 13.2 Å². The summed E-state index contributed by atoms with van der Waals surface area (Å²) in [5.74, 6) is 1.02. The van der Waals surface area contributed by atoms with Crippen molar-refractivity contribution in [1.82, 2.24) is 5.32 Å². The lowest BCUT2D eigenvalue weighted by molar-refractivity contribution is 0.199. The molecule has 0 heterocycles. The zero-order valence-electron chi connectivity index (χ0n) is 11.8. The summed E-state index contributed by atoms with van der Waals surface area (Å²) in [6.07, 6.45) is 2.21. The topological polar surface area (TPSA) is 30.5 Å². The molecule has 0 aliphatic rings. The van der Waals surface area contributed by atoms with E-state index in [9.17, 15) is 0 Å². The number of ether oxygens (including phenoxy) is 2. The Kier molecular flexibility index (Phi) is 7.46. The quantitative estimate of drug-likeness (QED) is 0.685. The molecule has 102 valence electrons. The second-order valence-corrected chi connectivity index (χ2v) is 4.50. The van der Waals surface area contributed by atoms with Crippen molar-refractivity contribution in [3.05, 3.63) is 29.3 Å². The van der Waals surface area contributed by atoms with Crippen LogP contribution in [-0.4, -0.2) is 33.4 Å². The Morgan fingerprint density at radius 1 is 1.06 bits per heavy atom. The molecular formula is C15H25NO2. The lowest BCUT2D eigenvalue weighted by Gasteiger charge is -2.10. The van der Waals surface area contributed by atoms with Crippen LogP contribution in [0.5, 0.6) is 5.75 Å². The highest BCUT2D eigenvalue weighted by Gasteiger charge is 2.00. The summed E-state index contributed by atoms with van der Waals surface area (Å²) < 4.78 is 10.8. The minimum Gasteiger partial charge on any atom is -0.493 e. The Morgan fingerprint density at radius 3 is 2.67 bits per heavy atom. The molecule has 0 radical (unpaired) electrons.